The van der Waals surface area contributed by atoms with E-state index in [-0.39, 0.29) is 5.75 Å². The van der Waals surface area contributed by atoms with Crippen molar-refractivity contribution in [2.75, 3.05) is 19.5 Å². The number of rotatable bonds is 5. The SMILES string of the molecule is COc1cc(O)c(CNc2ncnc3nc[nH]c23)cc1OC. The molecule has 22 heavy (non-hydrogen) atoms. The highest BCUT2D eigenvalue weighted by Gasteiger charge is 2.11. The topological polar surface area (TPSA) is 105 Å². The number of nitrogens with one attached hydrogen (secondary N) is 2. The van der Waals surface area contributed by atoms with Gasteiger partial charge in [-0.1, -0.05) is 0 Å². The third-order valence-electron chi connectivity index (χ3n) is 3.25. The maximum absolute atomic E-state index is 10.1. The van der Waals surface area contributed by atoms with Crippen LogP contribution in [-0.2, 0) is 6.54 Å². The number of aromatic hydroxyl groups is 1. The number of aromatic nitrogens is 4. The lowest BCUT2D eigenvalue weighted by molar-refractivity contribution is 0.350. The Morgan fingerprint density at radius 3 is 2.68 bits per heavy atom. The molecule has 0 spiro atoms. The van der Waals surface area contributed by atoms with Crippen LogP contribution >= 0.6 is 0 Å². The maximum atomic E-state index is 10.1. The lowest BCUT2D eigenvalue weighted by Crippen LogP contribution is -2.03. The van der Waals surface area contributed by atoms with Crippen molar-refractivity contribution in [3.63, 3.8) is 0 Å². The number of nitrogens with zero attached hydrogens (tertiary/aromatic N) is 3. The van der Waals surface area contributed by atoms with Crippen LogP contribution in [-0.4, -0.2) is 39.3 Å². The molecule has 0 saturated carbocycles. The van der Waals surface area contributed by atoms with Crippen LogP contribution in [0.15, 0.2) is 24.8 Å². The first kappa shape index (κ1) is 13.9. The van der Waals surface area contributed by atoms with E-state index in [1.807, 2.05) is 0 Å². The first-order valence-electron chi connectivity index (χ1n) is 6.54. The van der Waals surface area contributed by atoms with E-state index in [4.69, 9.17) is 9.47 Å². The Bertz CT molecular complexity index is 802. The number of anilines is 1. The van der Waals surface area contributed by atoms with Crippen LogP contribution in [0, 0.1) is 0 Å². The number of benzene rings is 1. The summed E-state index contributed by atoms with van der Waals surface area (Å²) < 4.78 is 10.4. The fourth-order valence-electron chi connectivity index (χ4n) is 2.13. The molecule has 3 N–H and O–H groups in total. The van der Waals surface area contributed by atoms with Crippen LogP contribution in [0.4, 0.5) is 5.82 Å². The summed E-state index contributed by atoms with van der Waals surface area (Å²) in [5.74, 6) is 1.74. The van der Waals surface area contributed by atoms with Crippen molar-refractivity contribution >= 4 is 17.0 Å². The molecular weight excluding hydrogens is 286 g/mol. The molecule has 8 heteroatoms. The van der Waals surface area contributed by atoms with Gasteiger partial charge in [0, 0.05) is 18.2 Å². The van der Waals surface area contributed by atoms with Gasteiger partial charge in [0.25, 0.3) is 0 Å². The van der Waals surface area contributed by atoms with E-state index in [1.165, 1.54) is 19.5 Å². The standard InChI is InChI=1S/C14H15N5O3/c1-21-10-3-8(9(20)4-11(10)22-2)5-15-13-12-14(17-6-16-12)19-7-18-13/h3-4,6-7,20H,5H2,1-2H3,(H2,15,16,17,18,19). The Morgan fingerprint density at radius 1 is 1.14 bits per heavy atom. The Kier molecular flexibility index (Phi) is 3.65. The number of H-pyrrole nitrogens is 1. The van der Waals surface area contributed by atoms with Gasteiger partial charge in [-0.25, -0.2) is 15.0 Å². The van der Waals surface area contributed by atoms with Crippen molar-refractivity contribution in [3.8, 4) is 17.2 Å². The zero-order valence-corrected chi connectivity index (χ0v) is 12.1. The molecule has 114 valence electrons. The van der Waals surface area contributed by atoms with Gasteiger partial charge in [0.2, 0.25) is 0 Å². The van der Waals surface area contributed by atoms with Crippen molar-refractivity contribution in [3.05, 3.63) is 30.4 Å². The van der Waals surface area contributed by atoms with Crippen LogP contribution in [0.5, 0.6) is 17.2 Å². The second kappa shape index (κ2) is 5.76. The van der Waals surface area contributed by atoms with E-state index >= 15 is 0 Å². The van der Waals surface area contributed by atoms with Crippen LogP contribution in [0.25, 0.3) is 11.2 Å². The van der Waals surface area contributed by atoms with Gasteiger partial charge < -0.3 is 24.9 Å². The number of phenolic OH excluding ortho intramolecular Hbond substituents is 1. The fourth-order valence-corrected chi connectivity index (χ4v) is 2.13. The molecule has 2 aromatic heterocycles. The number of hydrogen-bond acceptors (Lipinski definition) is 7. The molecule has 0 amide bonds. The summed E-state index contributed by atoms with van der Waals surface area (Å²) in [7, 11) is 3.07. The molecule has 3 rings (SSSR count). The van der Waals surface area contributed by atoms with Crippen molar-refractivity contribution in [1.82, 2.24) is 19.9 Å². The van der Waals surface area contributed by atoms with Crippen molar-refractivity contribution in [2.45, 2.75) is 6.54 Å². The van der Waals surface area contributed by atoms with Crippen LogP contribution in [0.3, 0.4) is 0 Å². The number of methoxy groups -OCH3 is 2. The molecule has 0 fully saturated rings. The summed E-state index contributed by atoms with van der Waals surface area (Å²) in [4.78, 5) is 15.3. The highest BCUT2D eigenvalue weighted by atomic mass is 16.5. The van der Waals surface area contributed by atoms with Gasteiger partial charge in [-0.3, -0.25) is 0 Å². The number of phenols is 1. The summed E-state index contributed by atoms with van der Waals surface area (Å²) in [6, 6.07) is 3.23. The van der Waals surface area contributed by atoms with Gasteiger partial charge >= 0.3 is 0 Å². The largest absolute Gasteiger partial charge is 0.507 e. The average molecular weight is 301 g/mol. The monoisotopic (exact) mass is 301 g/mol. The fraction of sp³-hybridized carbons (Fsp3) is 0.214. The predicted octanol–water partition coefficient (Wildman–Crippen LogP) is 1.69. The van der Waals surface area contributed by atoms with Gasteiger partial charge in [0.1, 0.15) is 17.6 Å². The lowest BCUT2D eigenvalue weighted by Gasteiger charge is -2.12. The Hall–Kier alpha value is -3.03. The number of ether oxygens (including phenoxy) is 2. The molecule has 3 aromatic rings. The molecule has 0 radical (unpaired) electrons. The Balaban J connectivity index is 1.86. The summed E-state index contributed by atoms with van der Waals surface area (Å²) in [5.41, 5.74) is 1.94. The maximum Gasteiger partial charge on any atom is 0.182 e. The van der Waals surface area contributed by atoms with Crippen LogP contribution < -0.4 is 14.8 Å². The minimum absolute atomic E-state index is 0.111. The number of hydrogen-bond donors (Lipinski definition) is 3. The lowest BCUT2D eigenvalue weighted by atomic mass is 10.1. The summed E-state index contributed by atoms with van der Waals surface area (Å²) in [6.45, 7) is 0.358. The second-order valence-electron chi connectivity index (χ2n) is 4.51. The minimum atomic E-state index is 0.111. The highest BCUT2D eigenvalue weighted by molar-refractivity contribution is 5.81. The average Bonchev–Trinajstić information content (AvgIpc) is 3.02. The molecule has 1 aromatic carbocycles. The van der Waals surface area contributed by atoms with E-state index in [0.717, 1.165) is 0 Å². The second-order valence-corrected chi connectivity index (χ2v) is 4.51. The smallest absolute Gasteiger partial charge is 0.182 e. The third-order valence-corrected chi connectivity index (χ3v) is 3.25. The Labute approximate surface area is 126 Å². The van der Waals surface area contributed by atoms with E-state index in [1.54, 1.807) is 19.5 Å². The third kappa shape index (κ3) is 2.46. The van der Waals surface area contributed by atoms with Gasteiger partial charge in [0.15, 0.2) is 23.0 Å². The van der Waals surface area contributed by atoms with E-state index in [0.29, 0.717) is 40.6 Å². The molecule has 0 aliphatic carbocycles. The molecule has 0 unspecified atom stereocenters. The molecule has 0 bridgehead atoms. The number of aromatic amines is 1. The minimum Gasteiger partial charge on any atom is -0.507 e. The van der Waals surface area contributed by atoms with Crippen LogP contribution in [0.1, 0.15) is 5.56 Å². The molecule has 0 aliphatic rings. The van der Waals surface area contributed by atoms with Crippen LogP contribution in [0.2, 0.25) is 0 Å². The quantitative estimate of drug-likeness (QED) is 0.658. The molecule has 0 atom stereocenters. The summed E-state index contributed by atoms with van der Waals surface area (Å²) in [6.07, 6.45) is 2.98. The normalized spacial score (nSPS) is 10.6. The molecule has 0 saturated heterocycles. The number of fused-ring (bicyclic) bond motifs is 1. The van der Waals surface area contributed by atoms with Gasteiger partial charge in [-0.05, 0) is 6.07 Å². The molecule has 0 aliphatic heterocycles. The summed E-state index contributed by atoms with van der Waals surface area (Å²) >= 11 is 0. The van der Waals surface area contributed by atoms with Crippen molar-refractivity contribution in [2.24, 2.45) is 0 Å². The summed E-state index contributed by atoms with van der Waals surface area (Å²) in [5, 5.41) is 13.2. The van der Waals surface area contributed by atoms with E-state index in [9.17, 15) is 5.11 Å². The molecule has 2 heterocycles. The van der Waals surface area contributed by atoms with Crippen molar-refractivity contribution < 1.29 is 14.6 Å². The zero-order valence-electron chi connectivity index (χ0n) is 12.1. The number of imidazole rings is 1. The van der Waals surface area contributed by atoms with Crippen molar-refractivity contribution in [1.29, 1.82) is 0 Å². The highest BCUT2D eigenvalue weighted by Crippen LogP contribution is 2.34. The molecular formula is C14H15N5O3. The first-order valence-corrected chi connectivity index (χ1v) is 6.54. The predicted molar refractivity (Wildman–Crippen MR) is 80.2 cm³/mol. The van der Waals surface area contributed by atoms with Gasteiger partial charge in [-0.2, -0.15) is 0 Å². The zero-order chi connectivity index (χ0) is 15.5. The Morgan fingerprint density at radius 2 is 1.91 bits per heavy atom. The van der Waals surface area contributed by atoms with Gasteiger partial charge in [-0.15, -0.1) is 0 Å². The van der Waals surface area contributed by atoms with E-state index in [2.05, 4.69) is 25.3 Å². The van der Waals surface area contributed by atoms with Gasteiger partial charge in [0.05, 0.1) is 20.5 Å². The van der Waals surface area contributed by atoms with E-state index < -0.39 is 0 Å². The molecule has 8 nitrogen and oxygen atoms in total. The first-order chi connectivity index (χ1) is 10.7.